The molecule has 0 aliphatic carbocycles. The van der Waals surface area contributed by atoms with E-state index >= 15 is 0 Å². The first-order chi connectivity index (χ1) is 9.19. The van der Waals surface area contributed by atoms with Gasteiger partial charge in [-0.1, -0.05) is 19.9 Å². The van der Waals surface area contributed by atoms with Crippen LogP contribution in [0.1, 0.15) is 25.8 Å². The summed E-state index contributed by atoms with van der Waals surface area (Å²) in [7, 11) is 0. The highest BCUT2D eigenvalue weighted by Crippen LogP contribution is 2.22. The third-order valence-electron chi connectivity index (χ3n) is 4.06. The van der Waals surface area contributed by atoms with Crippen LogP contribution >= 0.6 is 0 Å². The Morgan fingerprint density at radius 2 is 2.21 bits per heavy atom. The second-order valence-corrected chi connectivity index (χ2v) is 5.53. The van der Waals surface area contributed by atoms with Crippen LogP contribution in [-0.2, 0) is 0 Å². The van der Waals surface area contributed by atoms with E-state index in [0.717, 1.165) is 24.1 Å². The molecular weight excluding hydrogens is 236 g/mol. The maximum atomic E-state index is 8.83. The molecule has 0 amide bonds. The summed E-state index contributed by atoms with van der Waals surface area (Å²) in [4.78, 5) is 2.47. The van der Waals surface area contributed by atoms with Crippen molar-refractivity contribution in [3.05, 3.63) is 29.8 Å². The van der Waals surface area contributed by atoms with E-state index in [2.05, 4.69) is 24.8 Å². The fourth-order valence-corrected chi connectivity index (χ4v) is 2.50. The molecule has 0 spiro atoms. The number of hydrogen-bond acceptors (Lipinski definition) is 3. The van der Waals surface area contributed by atoms with Gasteiger partial charge in [-0.15, -0.1) is 0 Å². The minimum Gasteiger partial charge on any atom is -0.492 e. The monoisotopic (exact) mass is 258 g/mol. The Kier molecular flexibility index (Phi) is 4.81. The second-order valence-electron chi connectivity index (χ2n) is 5.53. The van der Waals surface area contributed by atoms with Crippen LogP contribution in [0.5, 0.6) is 5.75 Å². The van der Waals surface area contributed by atoms with E-state index in [1.165, 1.54) is 19.5 Å². The van der Waals surface area contributed by atoms with E-state index in [0.29, 0.717) is 12.2 Å². The molecule has 0 bridgehead atoms. The third kappa shape index (κ3) is 3.97. The number of likely N-dealkylation sites (tertiary alicyclic amines) is 1. The topological polar surface area (TPSA) is 36.3 Å². The van der Waals surface area contributed by atoms with Gasteiger partial charge in [-0.3, -0.25) is 4.90 Å². The average molecular weight is 258 g/mol. The zero-order valence-electron chi connectivity index (χ0n) is 11.8. The summed E-state index contributed by atoms with van der Waals surface area (Å²) < 4.78 is 5.72. The molecule has 2 rings (SSSR count). The van der Waals surface area contributed by atoms with Gasteiger partial charge in [0.05, 0.1) is 11.6 Å². The fourth-order valence-electron chi connectivity index (χ4n) is 2.50. The van der Waals surface area contributed by atoms with Crippen molar-refractivity contribution in [3.8, 4) is 11.8 Å². The predicted octanol–water partition coefficient (Wildman–Crippen LogP) is 2.91. The molecule has 1 aliphatic rings. The Labute approximate surface area is 115 Å². The van der Waals surface area contributed by atoms with Crippen molar-refractivity contribution in [1.82, 2.24) is 4.90 Å². The Balaban J connectivity index is 1.76. The molecule has 1 aliphatic heterocycles. The SMILES string of the molecule is CC1CCN(CCOc2cccc(C#N)c2)CC1C. The zero-order chi connectivity index (χ0) is 13.7. The first kappa shape index (κ1) is 13.9. The molecule has 1 heterocycles. The number of nitrogens with zero attached hydrogens (tertiary/aromatic N) is 2. The molecule has 1 aromatic rings. The lowest BCUT2D eigenvalue weighted by Crippen LogP contribution is -2.40. The molecule has 3 heteroatoms. The van der Waals surface area contributed by atoms with Crippen LogP contribution in [0, 0.1) is 23.2 Å². The molecule has 1 fully saturated rings. The first-order valence-electron chi connectivity index (χ1n) is 7.04. The lowest BCUT2D eigenvalue weighted by molar-refractivity contribution is 0.119. The van der Waals surface area contributed by atoms with Crippen LogP contribution in [-0.4, -0.2) is 31.1 Å². The van der Waals surface area contributed by atoms with Gasteiger partial charge < -0.3 is 4.74 Å². The standard InChI is InChI=1S/C16H22N2O/c1-13-6-7-18(12-14(13)2)8-9-19-16-5-3-4-15(10-16)11-17/h3-5,10,13-14H,6-9,12H2,1-2H3. The molecule has 0 saturated carbocycles. The lowest BCUT2D eigenvalue weighted by atomic mass is 9.89. The Morgan fingerprint density at radius 3 is 2.95 bits per heavy atom. The highest BCUT2D eigenvalue weighted by Gasteiger charge is 2.22. The van der Waals surface area contributed by atoms with Crippen molar-refractivity contribution < 1.29 is 4.74 Å². The minimum atomic E-state index is 0.651. The van der Waals surface area contributed by atoms with Crippen molar-refractivity contribution in [2.75, 3.05) is 26.2 Å². The molecule has 0 radical (unpaired) electrons. The van der Waals surface area contributed by atoms with Gasteiger partial charge in [0.15, 0.2) is 0 Å². The summed E-state index contributed by atoms with van der Waals surface area (Å²) in [5.74, 6) is 2.40. The average Bonchev–Trinajstić information content (AvgIpc) is 2.43. The van der Waals surface area contributed by atoms with Crippen molar-refractivity contribution in [1.29, 1.82) is 5.26 Å². The summed E-state index contributed by atoms with van der Waals surface area (Å²) in [5, 5.41) is 8.83. The molecule has 1 aromatic carbocycles. The number of rotatable bonds is 4. The summed E-state index contributed by atoms with van der Waals surface area (Å²) in [6.07, 6.45) is 1.28. The maximum Gasteiger partial charge on any atom is 0.120 e. The van der Waals surface area contributed by atoms with Gasteiger partial charge in [0.25, 0.3) is 0 Å². The number of nitriles is 1. The van der Waals surface area contributed by atoms with Gasteiger partial charge in [-0.05, 0) is 43.0 Å². The molecule has 102 valence electrons. The zero-order valence-corrected chi connectivity index (χ0v) is 11.8. The Hall–Kier alpha value is -1.53. The largest absolute Gasteiger partial charge is 0.492 e. The van der Waals surface area contributed by atoms with Gasteiger partial charge in [0, 0.05) is 13.1 Å². The first-order valence-corrected chi connectivity index (χ1v) is 7.04. The summed E-state index contributed by atoms with van der Waals surface area (Å²) in [6, 6.07) is 9.48. The van der Waals surface area contributed by atoms with Crippen molar-refractivity contribution >= 4 is 0 Å². The van der Waals surface area contributed by atoms with Crippen molar-refractivity contribution in [2.45, 2.75) is 20.3 Å². The summed E-state index contributed by atoms with van der Waals surface area (Å²) >= 11 is 0. The highest BCUT2D eigenvalue weighted by atomic mass is 16.5. The predicted molar refractivity (Wildman–Crippen MR) is 76.0 cm³/mol. The quantitative estimate of drug-likeness (QED) is 0.833. The van der Waals surface area contributed by atoms with Crippen LogP contribution in [0.4, 0.5) is 0 Å². The lowest BCUT2D eigenvalue weighted by Gasteiger charge is -2.35. The molecule has 0 N–H and O–H groups in total. The number of piperidine rings is 1. The molecule has 3 nitrogen and oxygen atoms in total. The number of benzene rings is 1. The van der Waals surface area contributed by atoms with Crippen LogP contribution < -0.4 is 4.74 Å². The Morgan fingerprint density at radius 1 is 1.37 bits per heavy atom. The van der Waals surface area contributed by atoms with Crippen LogP contribution in [0.15, 0.2) is 24.3 Å². The van der Waals surface area contributed by atoms with Crippen LogP contribution in [0.25, 0.3) is 0 Å². The molecule has 0 aromatic heterocycles. The van der Waals surface area contributed by atoms with E-state index in [1.807, 2.05) is 12.1 Å². The molecular formula is C16H22N2O. The van der Waals surface area contributed by atoms with Crippen molar-refractivity contribution in [3.63, 3.8) is 0 Å². The summed E-state index contributed by atoms with van der Waals surface area (Å²) in [5.41, 5.74) is 0.651. The summed E-state index contributed by atoms with van der Waals surface area (Å²) in [6.45, 7) is 8.67. The second kappa shape index (κ2) is 6.58. The van der Waals surface area contributed by atoms with Crippen LogP contribution in [0.2, 0.25) is 0 Å². The van der Waals surface area contributed by atoms with Gasteiger partial charge in [0.1, 0.15) is 12.4 Å². The third-order valence-corrected chi connectivity index (χ3v) is 4.06. The number of hydrogen-bond donors (Lipinski definition) is 0. The van der Waals surface area contributed by atoms with Crippen LogP contribution in [0.3, 0.4) is 0 Å². The molecule has 1 saturated heterocycles. The molecule has 19 heavy (non-hydrogen) atoms. The smallest absolute Gasteiger partial charge is 0.120 e. The van der Waals surface area contributed by atoms with E-state index in [-0.39, 0.29) is 0 Å². The molecule has 2 unspecified atom stereocenters. The number of ether oxygens (including phenoxy) is 1. The Bertz CT molecular complexity index is 452. The van der Waals surface area contributed by atoms with E-state index < -0.39 is 0 Å². The van der Waals surface area contributed by atoms with Gasteiger partial charge in [0.2, 0.25) is 0 Å². The van der Waals surface area contributed by atoms with Gasteiger partial charge >= 0.3 is 0 Å². The molecule has 2 atom stereocenters. The normalized spacial score (nSPS) is 23.8. The fraction of sp³-hybridized carbons (Fsp3) is 0.562. The highest BCUT2D eigenvalue weighted by molar-refractivity contribution is 5.36. The van der Waals surface area contributed by atoms with E-state index in [1.54, 1.807) is 12.1 Å². The maximum absolute atomic E-state index is 8.83. The van der Waals surface area contributed by atoms with E-state index in [4.69, 9.17) is 10.00 Å². The van der Waals surface area contributed by atoms with Gasteiger partial charge in [-0.2, -0.15) is 5.26 Å². The van der Waals surface area contributed by atoms with Gasteiger partial charge in [-0.25, -0.2) is 0 Å². The van der Waals surface area contributed by atoms with Crippen molar-refractivity contribution in [2.24, 2.45) is 11.8 Å². The minimum absolute atomic E-state index is 0.651. The van der Waals surface area contributed by atoms with E-state index in [9.17, 15) is 0 Å².